The fourth-order valence-corrected chi connectivity index (χ4v) is 5.19. The van der Waals surface area contributed by atoms with Gasteiger partial charge in [0.25, 0.3) is 0 Å². The number of hydrogen-bond donors (Lipinski definition) is 2. The molecule has 197 valence electrons. The molecule has 1 saturated heterocycles. The second kappa shape index (κ2) is 12.1. The molecule has 0 aromatic heterocycles. The van der Waals surface area contributed by atoms with E-state index in [1.165, 1.54) is 13.2 Å². The maximum atomic E-state index is 13.6. The predicted octanol–water partition coefficient (Wildman–Crippen LogP) is 5.42. The summed E-state index contributed by atoms with van der Waals surface area (Å²) in [5.41, 5.74) is -0.887. The molecule has 1 fully saturated rings. The lowest BCUT2D eigenvalue weighted by Gasteiger charge is -2.43. The minimum absolute atomic E-state index is 0.0553. The van der Waals surface area contributed by atoms with Gasteiger partial charge in [-0.05, 0) is 68.6 Å². The smallest absolute Gasteiger partial charge is 0.416 e. The lowest BCUT2D eigenvalue weighted by Crippen LogP contribution is -2.48. The highest BCUT2D eigenvalue weighted by atomic mass is 19.4. The van der Waals surface area contributed by atoms with Crippen molar-refractivity contribution in [1.82, 2.24) is 10.2 Å². The molecular formula is C28H36F3N2O3. The van der Waals surface area contributed by atoms with Crippen molar-refractivity contribution < 1.29 is 27.8 Å². The van der Waals surface area contributed by atoms with Gasteiger partial charge in [0.2, 0.25) is 5.91 Å². The first-order valence-electron chi connectivity index (χ1n) is 12.4. The Morgan fingerprint density at radius 2 is 1.97 bits per heavy atom. The number of benzene rings is 2. The van der Waals surface area contributed by atoms with Crippen LogP contribution in [0.5, 0.6) is 5.75 Å². The molecule has 1 unspecified atom stereocenters. The van der Waals surface area contributed by atoms with Crippen LogP contribution in [-0.4, -0.2) is 49.7 Å². The Bertz CT molecular complexity index is 1030. The van der Waals surface area contributed by atoms with E-state index in [0.717, 1.165) is 31.5 Å². The number of amides is 1. The first kappa shape index (κ1) is 28.0. The number of ether oxygens (including phenoxy) is 1. The zero-order valence-corrected chi connectivity index (χ0v) is 21.0. The summed E-state index contributed by atoms with van der Waals surface area (Å²) in [6, 6.07) is 10.4. The fraction of sp³-hybridized carbons (Fsp3) is 0.500. The molecule has 1 aliphatic rings. The van der Waals surface area contributed by atoms with Crippen LogP contribution in [0.4, 0.5) is 13.2 Å². The van der Waals surface area contributed by atoms with E-state index in [4.69, 9.17) is 4.74 Å². The minimum atomic E-state index is -4.52. The number of methoxy groups -OCH3 is 1. The molecule has 0 saturated carbocycles. The van der Waals surface area contributed by atoms with Gasteiger partial charge in [0.05, 0.1) is 18.3 Å². The van der Waals surface area contributed by atoms with E-state index in [1.807, 2.05) is 11.9 Å². The highest BCUT2D eigenvalue weighted by Crippen LogP contribution is 2.46. The third-order valence-corrected chi connectivity index (χ3v) is 7.04. The van der Waals surface area contributed by atoms with E-state index in [-0.39, 0.29) is 23.1 Å². The first-order chi connectivity index (χ1) is 17.2. The average Bonchev–Trinajstić information content (AvgIpc) is 2.88. The summed E-state index contributed by atoms with van der Waals surface area (Å²) in [6.07, 6.45) is -1.16. The summed E-state index contributed by atoms with van der Waals surface area (Å²) >= 11 is 0. The van der Waals surface area contributed by atoms with Crippen molar-refractivity contribution >= 4 is 5.91 Å². The van der Waals surface area contributed by atoms with Crippen LogP contribution in [0, 0.1) is 12.8 Å². The van der Waals surface area contributed by atoms with Crippen LogP contribution in [0.25, 0.3) is 11.1 Å². The van der Waals surface area contributed by atoms with Crippen LogP contribution in [0.1, 0.15) is 49.7 Å². The predicted molar refractivity (Wildman–Crippen MR) is 134 cm³/mol. The molecule has 36 heavy (non-hydrogen) atoms. The molecule has 1 amide bonds. The van der Waals surface area contributed by atoms with Crippen LogP contribution in [0.2, 0.25) is 0 Å². The van der Waals surface area contributed by atoms with Gasteiger partial charge >= 0.3 is 6.18 Å². The summed E-state index contributed by atoms with van der Waals surface area (Å²) in [5, 5.41) is 15.2. The number of aliphatic hydroxyl groups is 1. The molecule has 2 atom stereocenters. The number of alkyl halides is 3. The quantitative estimate of drug-likeness (QED) is 0.423. The summed E-state index contributed by atoms with van der Waals surface area (Å²) < 4.78 is 46.1. The third kappa shape index (κ3) is 6.21. The minimum Gasteiger partial charge on any atom is -0.496 e. The maximum Gasteiger partial charge on any atom is 0.416 e. The van der Waals surface area contributed by atoms with Gasteiger partial charge in [-0.1, -0.05) is 37.6 Å². The third-order valence-electron chi connectivity index (χ3n) is 7.04. The molecule has 1 radical (unpaired) electrons. The zero-order valence-electron chi connectivity index (χ0n) is 21.0. The number of rotatable bonds is 10. The van der Waals surface area contributed by atoms with Crippen LogP contribution < -0.4 is 10.1 Å². The van der Waals surface area contributed by atoms with Gasteiger partial charge in [-0.25, -0.2) is 0 Å². The molecule has 8 heteroatoms. The molecule has 2 aromatic carbocycles. The van der Waals surface area contributed by atoms with Gasteiger partial charge in [-0.3, -0.25) is 4.79 Å². The van der Waals surface area contributed by atoms with E-state index in [0.29, 0.717) is 49.9 Å². The van der Waals surface area contributed by atoms with Crippen LogP contribution in [0.3, 0.4) is 0 Å². The number of halogens is 3. The number of nitrogens with zero attached hydrogens (tertiary/aromatic N) is 1. The Morgan fingerprint density at radius 1 is 1.22 bits per heavy atom. The summed E-state index contributed by atoms with van der Waals surface area (Å²) in [7, 11) is 3.26. The largest absolute Gasteiger partial charge is 0.496 e. The Kier molecular flexibility index (Phi) is 9.41. The normalized spacial score (nSPS) is 18.1. The van der Waals surface area contributed by atoms with E-state index in [9.17, 15) is 23.1 Å². The monoisotopic (exact) mass is 505 g/mol. The second-order valence-electron chi connectivity index (χ2n) is 9.37. The van der Waals surface area contributed by atoms with Crippen molar-refractivity contribution in [2.45, 2.75) is 50.3 Å². The van der Waals surface area contributed by atoms with E-state index in [1.54, 1.807) is 24.3 Å². The number of carbonyl (C=O) groups is 1. The van der Waals surface area contributed by atoms with Crippen molar-refractivity contribution in [2.75, 3.05) is 33.8 Å². The van der Waals surface area contributed by atoms with Gasteiger partial charge in [-0.15, -0.1) is 0 Å². The molecule has 0 aliphatic carbocycles. The topological polar surface area (TPSA) is 61.8 Å². The Labute approximate surface area is 211 Å². The molecule has 0 spiro atoms. The van der Waals surface area contributed by atoms with Gasteiger partial charge < -0.3 is 20.1 Å². The lowest BCUT2D eigenvalue weighted by atomic mass is 9.72. The fourth-order valence-electron chi connectivity index (χ4n) is 5.19. The summed E-state index contributed by atoms with van der Waals surface area (Å²) in [4.78, 5) is 14.6. The average molecular weight is 506 g/mol. The number of piperidine rings is 1. The molecule has 2 N–H and O–H groups in total. The Morgan fingerprint density at radius 3 is 2.64 bits per heavy atom. The highest BCUT2D eigenvalue weighted by molar-refractivity contribution is 5.77. The molecular weight excluding hydrogens is 469 g/mol. The standard InChI is InChI=1S/C28H36F3N2O3/c1-4-15-27(35,21-9-8-17-33(19-21)26(34)12-7-16-32-2)24-11-6-5-10-22(24)23-18-20(28(29,30)31)13-14-25(23)36-3/h5-6,10-11,13-14,18,21,32,35H,1,4,7-9,12,15-17,19H2,2-3H3/t21?,27-/m0/s1. The van der Waals surface area contributed by atoms with Gasteiger partial charge in [0.15, 0.2) is 0 Å². The van der Waals surface area contributed by atoms with Crippen molar-refractivity contribution in [1.29, 1.82) is 0 Å². The lowest BCUT2D eigenvalue weighted by molar-refractivity contribution is -0.138. The van der Waals surface area contributed by atoms with Gasteiger partial charge in [-0.2, -0.15) is 13.2 Å². The highest BCUT2D eigenvalue weighted by Gasteiger charge is 2.42. The Hall–Kier alpha value is -2.58. The summed E-state index contributed by atoms with van der Waals surface area (Å²) in [6.45, 7) is 5.74. The first-order valence-corrected chi connectivity index (χ1v) is 12.4. The van der Waals surface area contributed by atoms with Crippen LogP contribution >= 0.6 is 0 Å². The maximum absolute atomic E-state index is 13.6. The molecule has 0 bridgehead atoms. The number of nitrogens with one attached hydrogen (secondary N) is 1. The van der Waals surface area contributed by atoms with Crippen molar-refractivity contribution in [3.63, 3.8) is 0 Å². The number of carbonyl (C=O) groups excluding carboxylic acids is 1. The van der Waals surface area contributed by atoms with E-state index in [2.05, 4.69) is 12.2 Å². The molecule has 1 aliphatic heterocycles. The van der Waals surface area contributed by atoms with Crippen molar-refractivity contribution in [2.24, 2.45) is 5.92 Å². The molecule has 5 nitrogen and oxygen atoms in total. The van der Waals surface area contributed by atoms with Gasteiger partial charge in [0, 0.05) is 31.0 Å². The van der Waals surface area contributed by atoms with Crippen LogP contribution in [-0.2, 0) is 16.6 Å². The van der Waals surface area contributed by atoms with E-state index >= 15 is 0 Å². The second-order valence-corrected chi connectivity index (χ2v) is 9.37. The number of likely N-dealkylation sites (tertiary alicyclic amines) is 1. The van der Waals surface area contributed by atoms with Crippen molar-refractivity contribution in [3.05, 3.63) is 60.5 Å². The molecule has 3 rings (SSSR count). The molecule has 1 heterocycles. The molecule has 2 aromatic rings. The number of hydrogen-bond acceptors (Lipinski definition) is 4. The SMILES string of the molecule is [CH2]CC[C@@](O)(c1ccccc1-c1cc(C(F)(F)F)ccc1OC)C1CCCN(C(=O)CCCNC)C1. The van der Waals surface area contributed by atoms with Crippen LogP contribution in [0.15, 0.2) is 42.5 Å². The van der Waals surface area contributed by atoms with Crippen molar-refractivity contribution in [3.8, 4) is 16.9 Å². The summed E-state index contributed by atoms with van der Waals surface area (Å²) in [5.74, 6) is 0.0661. The van der Waals surface area contributed by atoms with E-state index < -0.39 is 17.3 Å². The Balaban J connectivity index is 2.03. The zero-order chi connectivity index (χ0) is 26.3. The van der Waals surface area contributed by atoms with Gasteiger partial charge in [0.1, 0.15) is 5.75 Å².